The fraction of sp³-hybridized carbons (Fsp3) is 0.200. The smallest absolute Gasteiger partial charge is 0.244 e. The van der Waals surface area contributed by atoms with Gasteiger partial charge >= 0.3 is 0 Å². The molecule has 2 rings (SSSR count). The van der Waals surface area contributed by atoms with Gasteiger partial charge in [0.15, 0.2) is 11.5 Å². The number of methoxy groups -OCH3 is 1. The van der Waals surface area contributed by atoms with Gasteiger partial charge in [0.2, 0.25) is 5.91 Å². The van der Waals surface area contributed by atoms with E-state index in [0.29, 0.717) is 30.2 Å². The minimum Gasteiger partial charge on any atom is -0.493 e. The lowest BCUT2D eigenvalue weighted by Crippen LogP contribution is -2.20. The summed E-state index contributed by atoms with van der Waals surface area (Å²) >= 11 is 0. The fourth-order valence-electron chi connectivity index (χ4n) is 2.23. The van der Waals surface area contributed by atoms with Gasteiger partial charge in [-0.3, -0.25) is 4.79 Å². The highest BCUT2D eigenvalue weighted by Gasteiger charge is 2.04. The molecule has 0 saturated heterocycles. The molecule has 2 aromatic rings. The Morgan fingerprint density at radius 3 is 2.80 bits per heavy atom. The van der Waals surface area contributed by atoms with Crippen LogP contribution < -0.4 is 14.8 Å². The molecular weight excluding hydrogens is 316 g/mol. The number of benzene rings is 2. The number of ether oxygens (including phenoxy) is 2. The van der Waals surface area contributed by atoms with Crippen molar-refractivity contribution in [3.63, 3.8) is 0 Å². The van der Waals surface area contributed by atoms with Crippen LogP contribution >= 0.6 is 0 Å². The SMILES string of the molecule is CCOc1ccc(/C=C/C(=O)NCc2cccc(C#N)c2)cc1OC. The maximum absolute atomic E-state index is 11.9. The molecule has 0 fully saturated rings. The van der Waals surface area contributed by atoms with Crippen LogP contribution in [0.15, 0.2) is 48.5 Å². The summed E-state index contributed by atoms with van der Waals surface area (Å²) < 4.78 is 10.8. The van der Waals surface area contributed by atoms with Crippen LogP contribution in [0.5, 0.6) is 11.5 Å². The minimum absolute atomic E-state index is 0.213. The Morgan fingerprint density at radius 2 is 2.08 bits per heavy atom. The lowest BCUT2D eigenvalue weighted by molar-refractivity contribution is -0.116. The van der Waals surface area contributed by atoms with E-state index in [0.717, 1.165) is 11.1 Å². The van der Waals surface area contributed by atoms with E-state index >= 15 is 0 Å². The first-order valence-electron chi connectivity index (χ1n) is 7.92. The van der Waals surface area contributed by atoms with E-state index in [9.17, 15) is 4.79 Å². The highest BCUT2D eigenvalue weighted by atomic mass is 16.5. The highest BCUT2D eigenvalue weighted by molar-refractivity contribution is 5.91. The van der Waals surface area contributed by atoms with Crippen molar-refractivity contribution in [2.24, 2.45) is 0 Å². The molecule has 0 bridgehead atoms. The van der Waals surface area contributed by atoms with Crippen LogP contribution in [0, 0.1) is 11.3 Å². The molecule has 0 aliphatic rings. The summed E-state index contributed by atoms with van der Waals surface area (Å²) in [5, 5.41) is 11.7. The summed E-state index contributed by atoms with van der Waals surface area (Å²) in [7, 11) is 1.58. The average molecular weight is 336 g/mol. The monoisotopic (exact) mass is 336 g/mol. The number of nitrogens with one attached hydrogen (secondary N) is 1. The second kappa shape index (κ2) is 9.14. The van der Waals surface area contributed by atoms with Gasteiger partial charge in [-0.25, -0.2) is 0 Å². The summed E-state index contributed by atoms with van der Waals surface area (Å²) in [5.74, 6) is 1.08. The Kier molecular flexibility index (Phi) is 6.61. The minimum atomic E-state index is -0.213. The Morgan fingerprint density at radius 1 is 1.24 bits per heavy atom. The van der Waals surface area contributed by atoms with Crippen molar-refractivity contribution in [1.82, 2.24) is 5.32 Å². The lowest BCUT2D eigenvalue weighted by Gasteiger charge is -2.09. The maximum Gasteiger partial charge on any atom is 0.244 e. The summed E-state index contributed by atoms with van der Waals surface area (Å²) in [6.45, 7) is 2.83. The zero-order valence-corrected chi connectivity index (χ0v) is 14.3. The number of nitriles is 1. The van der Waals surface area contributed by atoms with Crippen LogP contribution in [-0.4, -0.2) is 19.6 Å². The fourth-order valence-corrected chi connectivity index (χ4v) is 2.23. The van der Waals surface area contributed by atoms with Crippen molar-refractivity contribution in [2.45, 2.75) is 13.5 Å². The van der Waals surface area contributed by atoms with E-state index in [-0.39, 0.29) is 5.91 Å². The molecule has 5 heteroatoms. The van der Waals surface area contributed by atoms with Crippen LogP contribution in [-0.2, 0) is 11.3 Å². The van der Waals surface area contributed by atoms with Gasteiger partial charge in [-0.15, -0.1) is 0 Å². The molecule has 1 amide bonds. The summed E-state index contributed by atoms with van der Waals surface area (Å²) in [4.78, 5) is 11.9. The standard InChI is InChI=1S/C20H20N2O3/c1-3-25-18-9-7-15(12-19(18)24-2)8-10-20(23)22-14-17-6-4-5-16(11-17)13-21/h4-12H,3,14H2,1-2H3,(H,22,23)/b10-8+. The topological polar surface area (TPSA) is 71.3 Å². The van der Waals surface area contributed by atoms with Crippen molar-refractivity contribution >= 4 is 12.0 Å². The van der Waals surface area contributed by atoms with Crippen LogP contribution in [0.25, 0.3) is 6.08 Å². The van der Waals surface area contributed by atoms with Gasteiger partial charge in [0, 0.05) is 12.6 Å². The van der Waals surface area contributed by atoms with Crippen LogP contribution in [0.2, 0.25) is 0 Å². The Bertz CT molecular complexity index is 807. The van der Waals surface area contributed by atoms with Gasteiger partial charge in [0.1, 0.15) is 0 Å². The first-order valence-corrected chi connectivity index (χ1v) is 7.92. The molecule has 0 aliphatic heterocycles. The van der Waals surface area contributed by atoms with E-state index in [1.54, 1.807) is 31.4 Å². The molecule has 0 aromatic heterocycles. The second-order valence-corrected chi connectivity index (χ2v) is 5.21. The third-order valence-corrected chi connectivity index (χ3v) is 3.44. The van der Waals surface area contributed by atoms with E-state index < -0.39 is 0 Å². The zero-order chi connectivity index (χ0) is 18.1. The van der Waals surface area contributed by atoms with Gasteiger partial charge in [-0.2, -0.15) is 5.26 Å². The highest BCUT2D eigenvalue weighted by Crippen LogP contribution is 2.28. The summed E-state index contributed by atoms with van der Waals surface area (Å²) in [5.41, 5.74) is 2.29. The van der Waals surface area contributed by atoms with E-state index in [4.69, 9.17) is 14.7 Å². The Labute approximate surface area is 147 Å². The number of carbonyl (C=O) groups is 1. The van der Waals surface area contributed by atoms with E-state index in [2.05, 4.69) is 11.4 Å². The molecule has 1 N–H and O–H groups in total. The van der Waals surface area contributed by atoms with Gasteiger partial charge < -0.3 is 14.8 Å². The molecule has 25 heavy (non-hydrogen) atoms. The number of hydrogen-bond acceptors (Lipinski definition) is 4. The molecule has 0 unspecified atom stereocenters. The van der Waals surface area contributed by atoms with Gasteiger partial charge in [-0.05, 0) is 48.4 Å². The van der Waals surface area contributed by atoms with Crippen molar-refractivity contribution < 1.29 is 14.3 Å². The van der Waals surface area contributed by atoms with E-state index in [1.807, 2.05) is 31.2 Å². The lowest BCUT2D eigenvalue weighted by atomic mass is 10.1. The van der Waals surface area contributed by atoms with E-state index in [1.165, 1.54) is 6.08 Å². The summed E-state index contributed by atoms with van der Waals surface area (Å²) in [6.07, 6.45) is 3.17. The number of hydrogen-bond donors (Lipinski definition) is 1. The van der Waals surface area contributed by atoms with Crippen LogP contribution in [0.1, 0.15) is 23.6 Å². The van der Waals surface area contributed by atoms with Crippen LogP contribution in [0.4, 0.5) is 0 Å². The number of amides is 1. The molecule has 128 valence electrons. The predicted octanol–water partition coefficient (Wildman–Crippen LogP) is 3.30. The third kappa shape index (κ3) is 5.40. The molecule has 5 nitrogen and oxygen atoms in total. The predicted molar refractivity (Wildman–Crippen MR) is 96.2 cm³/mol. The van der Waals surface area contributed by atoms with Crippen molar-refractivity contribution in [2.75, 3.05) is 13.7 Å². The first-order chi connectivity index (χ1) is 12.2. The number of rotatable bonds is 7. The van der Waals surface area contributed by atoms with Gasteiger partial charge in [0.05, 0.1) is 25.3 Å². The van der Waals surface area contributed by atoms with Gasteiger partial charge in [-0.1, -0.05) is 18.2 Å². The van der Waals surface area contributed by atoms with Crippen LogP contribution in [0.3, 0.4) is 0 Å². The molecule has 2 aromatic carbocycles. The number of nitrogens with zero attached hydrogens (tertiary/aromatic N) is 1. The second-order valence-electron chi connectivity index (χ2n) is 5.21. The largest absolute Gasteiger partial charge is 0.493 e. The molecule has 0 spiro atoms. The molecule has 0 saturated carbocycles. The van der Waals surface area contributed by atoms with Crippen molar-refractivity contribution in [3.05, 3.63) is 65.2 Å². The summed E-state index contributed by atoms with van der Waals surface area (Å²) in [6, 6.07) is 14.7. The normalized spacial score (nSPS) is 10.3. The average Bonchev–Trinajstić information content (AvgIpc) is 2.65. The first kappa shape index (κ1) is 18.1. The molecule has 0 atom stereocenters. The van der Waals surface area contributed by atoms with Crippen molar-refractivity contribution in [1.29, 1.82) is 5.26 Å². The molecule has 0 aliphatic carbocycles. The quantitative estimate of drug-likeness (QED) is 0.788. The van der Waals surface area contributed by atoms with Gasteiger partial charge in [0.25, 0.3) is 0 Å². The molecule has 0 heterocycles. The zero-order valence-electron chi connectivity index (χ0n) is 14.3. The third-order valence-electron chi connectivity index (χ3n) is 3.44. The number of carbonyl (C=O) groups excluding carboxylic acids is 1. The van der Waals surface area contributed by atoms with Crippen molar-refractivity contribution in [3.8, 4) is 17.6 Å². The Balaban J connectivity index is 1.96. The molecule has 0 radical (unpaired) electrons. The molecular formula is C20H20N2O3. The Hall–Kier alpha value is -3.26. The maximum atomic E-state index is 11.9.